The third-order valence-electron chi connectivity index (χ3n) is 3.05. The molecule has 1 N–H and O–H groups in total. The Morgan fingerprint density at radius 3 is 2.41 bits per heavy atom. The monoisotopic (exact) mass is 261 g/mol. The van der Waals surface area contributed by atoms with Crippen LogP contribution in [0.1, 0.15) is 32.1 Å². The standard InChI is InChI=1S/C13H23NO2.ClH/c1-4-13(8-6-5-7-9-13)16-11-12(15)10-14(2)3;/h1,12,15H,5-11H2,2-3H3;1H. The van der Waals surface area contributed by atoms with E-state index in [4.69, 9.17) is 11.2 Å². The fraction of sp³-hybridized carbons (Fsp3) is 0.846. The SMILES string of the molecule is C#CC1(OCC(O)CN(C)C)CCCCC1.Cl. The van der Waals surface area contributed by atoms with Crippen LogP contribution in [0.3, 0.4) is 0 Å². The Bertz CT molecular complexity index is 244. The van der Waals surface area contributed by atoms with Crippen molar-refractivity contribution < 1.29 is 9.84 Å². The predicted molar refractivity (Wildman–Crippen MR) is 72.4 cm³/mol. The highest BCUT2D eigenvalue weighted by atomic mass is 35.5. The van der Waals surface area contributed by atoms with Crippen molar-refractivity contribution in [3.63, 3.8) is 0 Å². The highest BCUT2D eigenvalue weighted by Gasteiger charge is 2.31. The molecule has 0 amide bonds. The lowest BCUT2D eigenvalue weighted by atomic mass is 9.85. The van der Waals surface area contributed by atoms with Crippen molar-refractivity contribution in [2.75, 3.05) is 27.2 Å². The van der Waals surface area contributed by atoms with Crippen LogP contribution in [0.15, 0.2) is 0 Å². The van der Waals surface area contributed by atoms with Gasteiger partial charge in [-0.15, -0.1) is 18.8 Å². The van der Waals surface area contributed by atoms with Crippen molar-refractivity contribution in [1.29, 1.82) is 0 Å². The van der Waals surface area contributed by atoms with E-state index < -0.39 is 11.7 Å². The predicted octanol–water partition coefficient (Wildman–Crippen LogP) is 1.68. The van der Waals surface area contributed by atoms with Crippen LogP contribution in [0.25, 0.3) is 0 Å². The van der Waals surface area contributed by atoms with Gasteiger partial charge in [0.25, 0.3) is 0 Å². The number of aliphatic hydroxyl groups is 1. The Balaban J connectivity index is 0.00000256. The highest BCUT2D eigenvalue weighted by molar-refractivity contribution is 5.85. The first-order valence-electron chi connectivity index (χ1n) is 6.02. The van der Waals surface area contributed by atoms with Crippen LogP contribution < -0.4 is 0 Å². The smallest absolute Gasteiger partial charge is 0.128 e. The van der Waals surface area contributed by atoms with Crippen molar-refractivity contribution in [3.8, 4) is 12.3 Å². The summed E-state index contributed by atoms with van der Waals surface area (Å²) < 4.78 is 5.77. The van der Waals surface area contributed by atoms with Crippen LogP contribution >= 0.6 is 12.4 Å². The van der Waals surface area contributed by atoms with E-state index >= 15 is 0 Å². The lowest BCUT2D eigenvalue weighted by Crippen LogP contribution is -2.38. The maximum Gasteiger partial charge on any atom is 0.128 e. The molecule has 0 saturated heterocycles. The minimum absolute atomic E-state index is 0. The summed E-state index contributed by atoms with van der Waals surface area (Å²) in [6.45, 7) is 0.947. The summed E-state index contributed by atoms with van der Waals surface area (Å²) in [6, 6.07) is 0. The van der Waals surface area contributed by atoms with Crippen LogP contribution in [0, 0.1) is 12.3 Å². The maximum absolute atomic E-state index is 9.72. The lowest BCUT2D eigenvalue weighted by Gasteiger charge is -2.33. The molecule has 0 radical (unpaired) electrons. The molecule has 1 fully saturated rings. The summed E-state index contributed by atoms with van der Waals surface area (Å²) in [5.74, 6) is 2.78. The molecular weight excluding hydrogens is 238 g/mol. The molecule has 0 aromatic heterocycles. The molecule has 1 aliphatic carbocycles. The molecule has 1 unspecified atom stereocenters. The van der Waals surface area contributed by atoms with Gasteiger partial charge in [0.05, 0.1) is 12.7 Å². The lowest BCUT2D eigenvalue weighted by molar-refractivity contribution is -0.0675. The second-order valence-electron chi connectivity index (χ2n) is 4.93. The molecule has 0 aliphatic heterocycles. The zero-order chi connectivity index (χ0) is 12.0. The summed E-state index contributed by atoms with van der Waals surface area (Å²) in [7, 11) is 3.86. The number of rotatable bonds is 5. The minimum Gasteiger partial charge on any atom is -0.389 e. The Hall–Kier alpha value is -0.270. The molecular formula is C13H24ClNO2. The van der Waals surface area contributed by atoms with Crippen LogP contribution in [-0.2, 0) is 4.74 Å². The number of likely N-dealkylation sites (N-methyl/N-ethyl adjacent to an activating group) is 1. The van der Waals surface area contributed by atoms with Gasteiger partial charge in [-0.1, -0.05) is 12.3 Å². The topological polar surface area (TPSA) is 32.7 Å². The first-order chi connectivity index (χ1) is 7.58. The van der Waals surface area contributed by atoms with Crippen LogP contribution in [0.2, 0.25) is 0 Å². The van der Waals surface area contributed by atoms with Gasteiger partial charge in [-0.25, -0.2) is 0 Å². The molecule has 1 atom stereocenters. The zero-order valence-corrected chi connectivity index (χ0v) is 11.6. The highest BCUT2D eigenvalue weighted by Crippen LogP contribution is 2.31. The van der Waals surface area contributed by atoms with Crippen molar-refractivity contribution >= 4 is 12.4 Å². The third kappa shape index (κ3) is 5.74. The Morgan fingerprint density at radius 2 is 1.94 bits per heavy atom. The van der Waals surface area contributed by atoms with Gasteiger partial charge in [-0.2, -0.15) is 0 Å². The Kier molecular flexibility index (Phi) is 7.82. The summed E-state index contributed by atoms with van der Waals surface area (Å²) in [5.41, 5.74) is -0.411. The van der Waals surface area contributed by atoms with E-state index in [1.165, 1.54) is 6.42 Å². The van der Waals surface area contributed by atoms with Gasteiger partial charge in [0.1, 0.15) is 5.60 Å². The van der Waals surface area contributed by atoms with E-state index in [1.807, 2.05) is 19.0 Å². The molecule has 1 rings (SSSR count). The molecule has 0 aromatic rings. The molecule has 0 heterocycles. The molecule has 0 bridgehead atoms. The first-order valence-corrected chi connectivity index (χ1v) is 6.02. The average molecular weight is 262 g/mol. The van der Waals surface area contributed by atoms with Crippen LogP contribution in [0.4, 0.5) is 0 Å². The number of nitrogens with zero attached hydrogens (tertiary/aromatic N) is 1. The zero-order valence-electron chi connectivity index (χ0n) is 10.8. The van der Waals surface area contributed by atoms with Gasteiger partial charge >= 0.3 is 0 Å². The van der Waals surface area contributed by atoms with E-state index in [1.54, 1.807) is 0 Å². The number of aliphatic hydroxyl groups excluding tert-OH is 1. The van der Waals surface area contributed by atoms with Gasteiger partial charge in [0, 0.05) is 6.54 Å². The van der Waals surface area contributed by atoms with E-state index in [-0.39, 0.29) is 12.4 Å². The van der Waals surface area contributed by atoms with Crippen LogP contribution in [0.5, 0.6) is 0 Å². The largest absolute Gasteiger partial charge is 0.389 e. The minimum atomic E-state index is -0.456. The average Bonchev–Trinajstić information content (AvgIpc) is 2.27. The van der Waals surface area contributed by atoms with Gasteiger partial charge in [0.15, 0.2) is 0 Å². The van der Waals surface area contributed by atoms with E-state index in [2.05, 4.69) is 5.92 Å². The number of hydrogen-bond acceptors (Lipinski definition) is 3. The summed E-state index contributed by atoms with van der Waals surface area (Å²) in [6.07, 6.45) is 10.5. The van der Waals surface area contributed by atoms with Crippen LogP contribution in [-0.4, -0.2) is 49.0 Å². The Labute approximate surface area is 111 Å². The van der Waals surface area contributed by atoms with Crippen molar-refractivity contribution in [2.45, 2.75) is 43.8 Å². The van der Waals surface area contributed by atoms with E-state index in [0.717, 1.165) is 25.7 Å². The molecule has 100 valence electrons. The van der Waals surface area contributed by atoms with Gasteiger partial charge in [-0.05, 0) is 39.8 Å². The summed E-state index contributed by atoms with van der Waals surface area (Å²) in [4.78, 5) is 1.94. The van der Waals surface area contributed by atoms with E-state index in [0.29, 0.717) is 13.2 Å². The maximum atomic E-state index is 9.72. The molecule has 1 aliphatic rings. The molecule has 1 saturated carbocycles. The molecule has 0 aromatic carbocycles. The molecule has 3 nitrogen and oxygen atoms in total. The van der Waals surface area contributed by atoms with Gasteiger partial charge in [-0.3, -0.25) is 0 Å². The van der Waals surface area contributed by atoms with Crippen molar-refractivity contribution in [1.82, 2.24) is 4.90 Å². The summed E-state index contributed by atoms with van der Waals surface area (Å²) >= 11 is 0. The van der Waals surface area contributed by atoms with E-state index in [9.17, 15) is 5.11 Å². The second kappa shape index (κ2) is 7.94. The fourth-order valence-electron chi connectivity index (χ4n) is 2.18. The Morgan fingerprint density at radius 1 is 1.35 bits per heavy atom. The number of halogens is 1. The molecule has 0 spiro atoms. The quantitative estimate of drug-likeness (QED) is 0.765. The van der Waals surface area contributed by atoms with Gasteiger partial charge < -0.3 is 14.7 Å². The van der Waals surface area contributed by atoms with Crippen molar-refractivity contribution in [3.05, 3.63) is 0 Å². The number of ether oxygens (including phenoxy) is 1. The third-order valence-corrected chi connectivity index (χ3v) is 3.05. The van der Waals surface area contributed by atoms with Gasteiger partial charge in [0.2, 0.25) is 0 Å². The van der Waals surface area contributed by atoms with Crippen molar-refractivity contribution in [2.24, 2.45) is 0 Å². The molecule has 17 heavy (non-hydrogen) atoms. The number of hydrogen-bond donors (Lipinski definition) is 1. The normalized spacial score (nSPS) is 20.4. The first kappa shape index (κ1) is 16.7. The second-order valence-corrected chi connectivity index (χ2v) is 4.93. The number of terminal acetylenes is 1. The fourth-order valence-corrected chi connectivity index (χ4v) is 2.18. The molecule has 4 heteroatoms. The summed E-state index contributed by atoms with van der Waals surface area (Å²) in [5, 5.41) is 9.72.